The molecule has 0 unspecified atom stereocenters. The van der Waals surface area contributed by atoms with E-state index in [9.17, 15) is 9.59 Å². The van der Waals surface area contributed by atoms with Crippen molar-refractivity contribution in [1.82, 2.24) is 29.9 Å². The minimum absolute atomic E-state index is 0.0808. The Labute approximate surface area is 387 Å². The lowest BCUT2D eigenvalue weighted by Gasteiger charge is -2.35. The molecule has 0 radical (unpaired) electrons. The van der Waals surface area contributed by atoms with E-state index >= 15 is 0 Å². The van der Waals surface area contributed by atoms with Gasteiger partial charge in [0.2, 0.25) is 11.8 Å². The van der Waals surface area contributed by atoms with E-state index in [2.05, 4.69) is 55.6 Å². The normalized spacial score (nSPS) is 20.3. The highest BCUT2D eigenvalue weighted by Gasteiger charge is 2.38. The molecular formula is C53H50N10O4. The van der Waals surface area contributed by atoms with Crippen molar-refractivity contribution in [3.05, 3.63) is 133 Å². The van der Waals surface area contributed by atoms with Crippen LogP contribution in [0.2, 0.25) is 0 Å². The van der Waals surface area contributed by atoms with Crippen molar-refractivity contribution in [2.75, 3.05) is 27.3 Å². The number of fused-ring (bicyclic) bond motifs is 6. The largest absolute Gasteiger partial charge is 0.381 e. The minimum Gasteiger partial charge on any atom is -0.381 e. The maximum absolute atomic E-state index is 15.0. The molecule has 2 fully saturated rings. The number of carbonyl (C=O) groups excluding carboxylic acids is 2. The molecule has 2 aromatic carbocycles. The Morgan fingerprint density at radius 1 is 0.627 bits per heavy atom. The number of hydrogen-bond donors (Lipinski definition) is 3. The van der Waals surface area contributed by atoms with Crippen LogP contribution in [0.4, 0.5) is 34.4 Å². The van der Waals surface area contributed by atoms with Crippen LogP contribution >= 0.6 is 0 Å². The van der Waals surface area contributed by atoms with Gasteiger partial charge in [0.25, 0.3) is 0 Å². The van der Waals surface area contributed by atoms with E-state index < -0.39 is 0 Å². The minimum atomic E-state index is -0.219. The number of aromatic nitrogens is 6. The van der Waals surface area contributed by atoms with E-state index in [1.807, 2.05) is 94.2 Å². The van der Waals surface area contributed by atoms with Crippen molar-refractivity contribution >= 4 is 68.3 Å². The maximum Gasteiger partial charge on any atom is 0.230 e. The number of amides is 2. The number of ether oxygens (including phenoxy) is 1. The van der Waals surface area contributed by atoms with Gasteiger partial charge in [-0.05, 0) is 129 Å². The van der Waals surface area contributed by atoms with Crippen LogP contribution in [0.1, 0.15) is 62.5 Å². The number of benzene rings is 2. The molecule has 67 heavy (non-hydrogen) atoms. The van der Waals surface area contributed by atoms with Gasteiger partial charge in [0.15, 0.2) is 5.82 Å². The zero-order valence-corrected chi connectivity index (χ0v) is 37.2. The van der Waals surface area contributed by atoms with Gasteiger partial charge in [0, 0.05) is 78.2 Å². The number of hydrogen-bond acceptors (Lipinski definition) is 10. The van der Waals surface area contributed by atoms with Gasteiger partial charge in [-0.3, -0.25) is 19.4 Å². The Balaban J connectivity index is 0.844. The van der Waals surface area contributed by atoms with Crippen molar-refractivity contribution in [3.8, 4) is 22.3 Å². The summed E-state index contributed by atoms with van der Waals surface area (Å²) in [6.45, 7) is 0.742. The lowest BCUT2D eigenvalue weighted by molar-refractivity contribution is -0.125. The van der Waals surface area contributed by atoms with Crippen molar-refractivity contribution in [3.63, 3.8) is 0 Å². The number of carbonyl (C=O) groups is 2. The van der Waals surface area contributed by atoms with E-state index in [0.29, 0.717) is 44.6 Å². The molecule has 12 rings (SSSR count). The van der Waals surface area contributed by atoms with Crippen molar-refractivity contribution < 1.29 is 19.2 Å². The highest BCUT2D eigenvalue weighted by molar-refractivity contribution is 6.03. The van der Waals surface area contributed by atoms with Crippen LogP contribution in [0.25, 0.3) is 44.3 Å². The summed E-state index contributed by atoms with van der Waals surface area (Å²) in [7, 11) is 1.76. The smallest absolute Gasteiger partial charge is 0.230 e. The molecule has 8 heterocycles. The van der Waals surface area contributed by atoms with Gasteiger partial charge in [-0.2, -0.15) is 0 Å². The number of nitrogens with one attached hydrogen (secondary N) is 3. The van der Waals surface area contributed by atoms with Gasteiger partial charge in [0.05, 0.1) is 59.1 Å². The van der Waals surface area contributed by atoms with Crippen LogP contribution in [0.3, 0.4) is 0 Å². The van der Waals surface area contributed by atoms with Gasteiger partial charge in [-0.15, -0.1) is 0 Å². The number of H-pyrrole nitrogens is 2. The molecule has 0 atom stereocenters. The highest BCUT2D eigenvalue weighted by atomic mass is 16.7. The zero-order valence-electron chi connectivity index (χ0n) is 37.2. The maximum atomic E-state index is 15.0. The monoisotopic (exact) mass is 890 g/mol. The summed E-state index contributed by atoms with van der Waals surface area (Å²) in [6.07, 6.45) is 16.9. The van der Waals surface area contributed by atoms with Gasteiger partial charge in [0.1, 0.15) is 11.5 Å². The standard InChI is InChI=1S/C53H50N10O4/c1-66-39-12-6-32(7-13-39)53(65)62-31-37-5-3-22-58-51(37)63(46-17-11-34(27-48(46)62)38-26-45-43(59-29-38)20-25-54-45)67-40-14-8-33(9-15-40)52(64)61-30-36-4-2-21-55-49(36)60-44-16-10-35(28-47(44)61)41-18-23-56-50-42(41)19-24-57-50/h2-5,10-11,16-29,32-33,39-40,54H,6-9,12-15,30-31H2,1H3,(H,55,60)(H,56,57). The second-order valence-electron chi connectivity index (χ2n) is 18.2. The molecule has 0 saturated heterocycles. The van der Waals surface area contributed by atoms with Gasteiger partial charge in [-0.25, -0.2) is 20.0 Å². The predicted molar refractivity (Wildman–Crippen MR) is 259 cm³/mol. The third-order valence-corrected chi connectivity index (χ3v) is 14.3. The van der Waals surface area contributed by atoms with Crippen molar-refractivity contribution in [1.29, 1.82) is 0 Å². The first-order chi connectivity index (χ1) is 33.0. The summed E-state index contributed by atoms with van der Waals surface area (Å²) in [5.41, 5.74) is 11.6. The summed E-state index contributed by atoms with van der Waals surface area (Å²) in [5.74, 6) is 1.23. The van der Waals surface area contributed by atoms with Gasteiger partial charge < -0.3 is 29.8 Å². The van der Waals surface area contributed by atoms with Crippen molar-refractivity contribution in [2.24, 2.45) is 11.8 Å². The fourth-order valence-electron chi connectivity index (χ4n) is 10.6. The summed E-state index contributed by atoms with van der Waals surface area (Å²) in [6, 6.07) is 28.5. The summed E-state index contributed by atoms with van der Waals surface area (Å²) < 4.78 is 5.68. The molecule has 2 amide bonds. The number of rotatable bonds is 7. The molecule has 3 N–H and O–H groups in total. The second-order valence-corrected chi connectivity index (χ2v) is 18.2. The molecule has 6 aromatic heterocycles. The van der Waals surface area contributed by atoms with Crippen LogP contribution in [-0.2, 0) is 32.3 Å². The Hall–Kier alpha value is -7.42. The molecular weight excluding hydrogens is 841 g/mol. The number of methoxy groups -OCH3 is 1. The molecule has 0 spiro atoms. The molecule has 2 aliphatic carbocycles. The first-order valence-corrected chi connectivity index (χ1v) is 23.4. The van der Waals surface area contributed by atoms with Gasteiger partial charge >= 0.3 is 0 Å². The number of anilines is 6. The molecule has 2 saturated carbocycles. The van der Waals surface area contributed by atoms with E-state index in [4.69, 9.17) is 19.5 Å². The average Bonchev–Trinajstić information content (AvgIpc) is 4.01. The van der Waals surface area contributed by atoms with Crippen LogP contribution in [0.15, 0.2) is 122 Å². The van der Waals surface area contributed by atoms with Gasteiger partial charge in [-0.1, -0.05) is 24.3 Å². The predicted octanol–water partition coefficient (Wildman–Crippen LogP) is 10.5. The van der Waals surface area contributed by atoms with Crippen LogP contribution in [0.5, 0.6) is 0 Å². The summed E-state index contributed by atoms with van der Waals surface area (Å²) in [4.78, 5) is 66.1. The Bertz CT molecular complexity index is 3170. The number of nitrogens with zero attached hydrogens (tertiary/aromatic N) is 7. The lowest BCUT2D eigenvalue weighted by atomic mass is 9.86. The topological polar surface area (TPSA) is 157 Å². The van der Waals surface area contributed by atoms with Crippen molar-refractivity contribution in [2.45, 2.75) is 76.7 Å². The molecule has 336 valence electrons. The number of aromatic amines is 2. The molecule has 14 heteroatoms. The highest BCUT2D eigenvalue weighted by Crippen LogP contribution is 2.46. The van der Waals surface area contributed by atoms with Crippen LogP contribution < -0.4 is 20.2 Å². The Kier molecular flexibility index (Phi) is 10.5. The quantitative estimate of drug-likeness (QED) is 0.141. The Morgan fingerprint density at radius 2 is 1.34 bits per heavy atom. The summed E-state index contributed by atoms with van der Waals surface area (Å²) in [5, 5.41) is 6.41. The fourth-order valence-corrected chi connectivity index (χ4v) is 10.6. The third-order valence-electron chi connectivity index (χ3n) is 14.3. The van der Waals surface area contributed by atoms with E-state index in [-0.39, 0.29) is 35.9 Å². The molecule has 0 bridgehead atoms. The fraction of sp³-hybridized carbons (Fsp3) is 0.283. The average molecular weight is 891 g/mol. The molecule has 2 aliphatic heterocycles. The SMILES string of the molecule is COC1CCC(C(=O)N2Cc3cccnc3N(OC3CCC(C(=O)N4Cc5cccnc5Nc5ccc(-c6ccnc7[nH]ccc67)cc54)CC3)c3ccc(-c4cnc5cc[nH]c5c4)cc32)CC1. The van der Waals surface area contributed by atoms with E-state index in [0.717, 1.165) is 110 Å². The number of pyridine rings is 4. The van der Waals surface area contributed by atoms with E-state index in [1.165, 1.54) is 0 Å². The molecule has 14 nitrogen and oxygen atoms in total. The molecule has 8 aromatic rings. The van der Waals surface area contributed by atoms with E-state index in [1.54, 1.807) is 19.5 Å². The molecule has 4 aliphatic rings. The summed E-state index contributed by atoms with van der Waals surface area (Å²) >= 11 is 0. The van der Waals surface area contributed by atoms with Crippen LogP contribution in [-0.4, -0.2) is 61.0 Å². The van der Waals surface area contributed by atoms with Crippen LogP contribution in [0, 0.1) is 11.8 Å². The Morgan fingerprint density at radius 3 is 2.16 bits per heavy atom. The zero-order chi connectivity index (χ0) is 45.0. The first-order valence-electron chi connectivity index (χ1n) is 23.4. The third kappa shape index (κ3) is 7.55. The second kappa shape index (κ2) is 17.1. The first kappa shape index (κ1) is 41.0. The lowest BCUT2D eigenvalue weighted by Crippen LogP contribution is -2.39.